The molecule has 35 heavy (non-hydrogen) atoms. The summed E-state index contributed by atoms with van der Waals surface area (Å²) < 4.78 is 28.0. The van der Waals surface area contributed by atoms with Crippen LogP contribution in [-0.2, 0) is 15.8 Å². The molecule has 0 bridgehead atoms. The van der Waals surface area contributed by atoms with Crippen LogP contribution < -0.4 is 10.0 Å². The fraction of sp³-hybridized carbons (Fsp3) is 0.107. The summed E-state index contributed by atoms with van der Waals surface area (Å²) in [5, 5.41) is 2.90. The summed E-state index contributed by atoms with van der Waals surface area (Å²) in [6.07, 6.45) is 0. The van der Waals surface area contributed by atoms with Gasteiger partial charge in [0.2, 0.25) is 0 Å². The third-order valence-electron chi connectivity index (χ3n) is 5.42. The highest BCUT2D eigenvalue weighted by Gasteiger charge is 2.16. The number of amides is 1. The van der Waals surface area contributed by atoms with Gasteiger partial charge >= 0.3 is 0 Å². The zero-order valence-corrected chi connectivity index (χ0v) is 21.1. The number of sulfonamides is 1. The second-order valence-electron chi connectivity index (χ2n) is 8.20. The van der Waals surface area contributed by atoms with Crippen molar-refractivity contribution >= 4 is 39.1 Å². The number of benzene rings is 4. The molecular weight excluding hydrogens is 476 g/mol. The number of nitrogens with one attached hydrogen (secondary N) is 2. The lowest BCUT2D eigenvalue weighted by atomic mass is 10.1. The lowest BCUT2D eigenvalue weighted by molar-refractivity contribution is 0.102. The molecule has 0 aromatic heterocycles. The molecule has 0 fully saturated rings. The van der Waals surface area contributed by atoms with Crippen molar-refractivity contribution < 1.29 is 13.2 Å². The van der Waals surface area contributed by atoms with Crippen LogP contribution in [0.2, 0.25) is 0 Å². The van der Waals surface area contributed by atoms with E-state index in [-0.39, 0.29) is 10.8 Å². The maximum atomic E-state index is 12.8. The predicted molar refractivity (Wildman–Crippen MR) is 144 cm³/mol. The van der Waals surface area contributed by atoms with E-state index in [0.29, 0.717) is 22.5 Å². The van der Waals surface area contributed by atoms with Crippen LogP contribution in [0.15, 0.2) is 107 Å². The van der Waals surface area contributed by atoms with Crippen molar-refractivity contribution in [2.24, 2.45) is 0 Å². The van der Waals surface area contributed by atoms with E-state index >= 15 is 0 Å². The van der Waals surface area contributed by atoms with Gasteiger partial charge in [-0.3, -0.25) is 9.52 Å². The van der Waals surface area contributed by atoms with Gasteiger partial charge in [-0.1, -0.05) is 48.0 Å². The van der Waals surface area contributed by atoms with E-state index in [0.717, 1.165) is 16.9 Å². The molecule has 2 N–H and O–H groups in total. The van der Waals surface area contributed by atoms with E-state index < -0.39 is 10.0 Å². The third kappa shape index (κ3) is 6.53. The molecule has 0 spiro atoms. The fourth-order valence-corrected chi connectivity index (χ4v) is 5.42. The summed E-state index contributed by atoms with van der Waals surface area (Å²) in [5.41, 5.74) is 4.38. The SMILES string of the molecule is Cc1ccc(S(=O)(=O)Nc2ccc(C(=O)Nc3ccc(CSc4ccccc4)cc3)cc2C)cc1. The Morgan fingerprint density at radius 3 is 2.17 bits per heavy atom. The Bertz CT molecular complexity index is 1420. The summed E-state index contributed by atoms with van der Waals surface area (Å²) in [4.78, 5) is 14.2. The van der Waals surface area contributed by atoms with Gasteiger partial charge in [-0.05, 0) is 79.6 Å². The smallest absolute Gasteiger partial charge is 0.261 e. The summed E-state index contributed by atoms with van der Waals surface area (Å²) in [7, 11) is -3.71. The fourth-order valence-electron chi connectivity index (χ4n) is 3.41. The van der Waals surface area contributed by atoms with Crippen LogP contribution >= 0.6 is 11.8 Å². The lowest BCUT2D eigenvalue weighted by Crippen LogP contribution is -2.15. The van der Waals surface area contributed by atoms with Crippen LogP contribution in [0.3, 0.4) is 0 Å². The van der Waals surface area contributed by atoms with E-state index in [1.807, 2.05) is 49.4 Å². The average Bonchev–Trinajstić information content (AvgIpc) is 2.85. The molecule has 0 aliphatic rings. The number of hydrogen-bond donors (Lipinski definition) is 2. The third-order valence-corrected chi connectivity index (χ3v) is 7.89. The van der Waals surface area contributed by atoms with Gasteiger partial charge in [-0.2, -0.15) is 0 Å². The first-order chi connectivity index (χ1) is 16.8. The topological polar surface area (TPSA) is 75.3 Å². The molecule has 4 aromatic carbocycles. The minimum absolute atomic E-state index is 0.190. The number of hydrogen-bond acceptors (Lipinski definition) is 4. The lowest BCUT2D eigenvalue weighted by Gasteiger charge is -2.12. The maximum Gasteiger partial charge on any atom is 0.261 e. The van der Waals surface area contributed by atoms with Gasteiger partial charge in [0.05, 0.1) is 10.6 Å². The van der Waals surface area contributed by atoms with Crippen LogP contribution in [0.25, 0.3) is 0 Å². The highest BCUT2D eigenvalue weighted by atomic mass is 32.2. The Morgan fingerprint density at radius 2 is 1.51 bits per heavy atom. The van der Waals surface area contributed by atoms with Crippen molar-refractivity contribution in [1.82, 2.24) is 0 Å². The maximum absolute atomic E-state index is 12.8. The molecule has 5 nitrogen and oxygen atoms in total. The highest BCUT2D eigenvalue weighted by Crippen LogP contribution is 2.24. The Balaban J connectivity index is 1.38. The number of aryl methyl sites for hydroxylation is 2. The van der Waals surface area contributed by atoms with Crippen LogP contribution in [0.1, 0.15) is 27.0 Å². The molecule has 0 unspecified atom stereocenters. The zero-order chi connectivity index (χ0) is 24.8. The normalized spacial score (nSPS) is 11.1. The Labute approximate surface area is 210 Å². The quantitative estimate of drug-likeness (QED) is 0.265. The molecule has 0 aliphatic carbocycles. The van der Waals surface area contributed by atoms with Crippen molar-refractivity contribution in [3.05, 3.63) is 119 Å². The van der Waals surface area contributed by atoms with Crippen molar-refractivity contribution in [3.8, 4) is 0 Å². The highest BCUT2D eigenvalue weighted by molar-refractivity contribution is 7.98. The second kappa shape index (κ2) is 10.8. The molecule has 4 aromatic rings. The van der Waals surface area contributed by atoms with Crippen LogP contribution in [0, 0.1) is 13.8 Å². The van der Waals surface area contributed by atoms with Crippen LogP contribution in [0.5, 0.6) is 0 Å². The van der Waals surface area contributed by atoms with Gasteiger partial charge in [0.1, 0.15) is 0 Å². The van der Waals surface area contributed by atoms with E-state index in [1.165, 1.54) is 4.90 Å². The second-order valence-corrected chi connectivity index (χ2v) is 10.9. The summed E-state index contributed by atoms with van der Waals surface area (Å²) >= 11 is 1.76. The molecule has 0 atom stereocenters. The number of rotatable bonds is 8. The van der Waals surface area contributed by atoms with E-state index in [1.54, 1.807) is 61.2 Å². The minimum Gasteiger partial charge on any atom is -0.322 e. The first-order valence-electron chi connectivity index (χ1n) is 11.1. The van der Waals surface area contributed by atoms with Crippen molar-refractivity contribution in [2.45, 2.75) is 29.4 Å². The molecule has 7 heteroatoms. The Morgan fingerprint density at radius 1 is 0.829 bits per heavy atom. The molecule has 0 radical (unpaired) electrons. The van der Waals surface area contributed by atoms with Gasteiger partial charge < -0.3 is 5.32 Å². The molecule has 0 saturated heterocycles. The molecule has 1 amide bonds. The van der Waals surface area contributed by atoms with Gasteiger partial charge in [0, 0.05) is 21.9 Å². The Kier molecular flexibility index (Phi) is 7.58. The van der Waals surface area contributed by atoms with Crippen molar-refractivity contribution in [1.29, 1.82) is 0 Å². The number of thioether (sulfide) groups is 1. The summed E-state index contributed by atoms with van der Waals surface area (Å²) in [5.74, 6) is 0.588. The average molecular weight is 503 g/mol. The van der Waals surface area contributed by atoms with Crippen LogP contribution in [-0.4, -0.2) is 14.3 Å². The largest absolute Gasteiger partial charge is 0.322 e. The Hall–Kier alpha value is -3.55. The first kappa shape index (κ1) is 24.6. The van der Waals surface area contributed by atoms with E-state index in [4.69, 9.17) is 0 Å². The number of carbonyl (C=O) groups is 1. The number of carbonyl (C=O) groups excluding carboxylic acids is 1. The minimum atomic E-state index is -3.71. The number of anilines is 2. The van der Waals surface area contributed by atoms with Gasteiger partial charge in [-0.15, -0.1) is 11.8 Å². The van der Waals surface area contributed by atoms with Crippen molar-refractivity contribution in [3.63, 3.8) is 0 Å². The molecule has 0 saturated carbocycles. The predicted octanol–water partition coefficient (Wildman–Crippen LogP) is 6.65. The molecule has 4 rings (SSSR count). The first-order valence-corrected chi connectivity index (χ1v) is 13.6. The molecule has 0 heterocycles. The van der Waals surface area contributed by atoms with Gasteiger partial charge in [-0.25, -0.2) is 8.42 Å². The zero-order valence-electron chi connectivity index (χ0n) is 19.5. The van der Waals surface area contributed by atoms with Crippen molar-refractivity contribution in [2.75, 3.05) is 10.0 Å². The van der Waals surface area contributed by atoms with E-state index in [9.17, 15) is 13.2 Å². The monoisotopic (exact) mass is 502 g/mol. The van der Waals surface area contributed by atoms with Crippen LogP contribution in [0.4, 0.5) is 11.4 Å². The molecule has 0 aliphatic heterocycles. The standard InChI is InChI=1S/C28H26N2O3S2/c1-20-8-15-26(16-9-20)35(32,33)30-27-17-12-23(18-21(27)2)28(31)29-24-13-10-22(11-14-24)19-34-25-6-4-3-5-7-25/h3-18,30H,19H2,1-2H3,(H,29,31). The summed E-state index contributed by atoms with van der Waals surface area (Å²) in [6.45, 7) is 3.67. The summed E-state index contributed by atoms with van der Waals surface area (Å²) in [6, 6.07) is 29.5. The van der Waals surface area contributed by atoms with Gasteiger partial charge in [0.15, 0.2) is 0 Å². The molecule has 178 valence electrons. The van der Waals surface area contributed by atoms with Gasteiger partial charge in [0.25, 0.3) is 15.9 Å². The molecular formula is C28H26N2O3S2. The van der Waals surface area contributed by atoms with E-state index in [2.05, 4.69) is 22.2 Å².